The van der Waals surface area contributed by atoms with Crippen LogP contribution in [0.2, 0.25) is 0 Å². The number of amides is 2. The molecule has 0 radical (unpaired) electrons. The fourth-order valence-electron chi connectivity index (χ4n) is 2.51. The lowest BCUT2D eigenvalue weighted by Crippen LogP contribution is -2.43. The van der Waals surface area contributed by atoms with Crippen LogP contribution in [0.4, 0.5) is 0 Å². The van der Waals surface area contributed by atoms with Crippen molar-refractivity contribution in [3.8, 4) is 5.75 Å². The Morgan fingerprint density at radius 3 is 3.00 bits per heavy atom. The lowest BCUT2D eigenvalue weighted by atomic mass is 10.1. The first kappa shape index (κ1) is 12.0. The fourth-order valence-corrected chi connectivity index (χ4v) is 2.51. The third-order valence-corrected chi connectivity index (χ3v) is 3.55. The number of carbonyl (C=O) groups excluding carboxylic acids is 2. The molecule has 1 aromatic carbocycles. The van der Waals surface area contributed by atoms with Gasteiger partial charge in [0.05, 0.1) is 0 Å². The molecule has 2 heterocycles. The Hall–Kier alpha value is -2.04. The molecule has 0 aliphatic carbocycles. The van der Waals surface area contributed by atoms with Gasteiger partial charge in [-0.1, -0.05) is 18.2 Å². The van der Waals surface area contributed by atoms with Crippen molar-refractivity contribution < 1.29 is 14.3 Å². The van der Waals surface area contributed by atoms with E-state index >= 15 is 0 Å². The zero-order valence-electron chi connectivity index (χ0n) is 10.6. The molecule has 19 heavy (non-hydrogen) atoms. The summed E-state index contributed by atoms with van der Waals surface area (Å²) in [5.41, 5.74) is 1.07. The lowest BCUT2D eigenvalue weighted by Gasteiger charge is -2.22. The third kappa shape index (κ3) is 2.41. The van der Waals surface area contributed by atoms with Crippen LogP contribution in [0.5, 0.6) is 5.75 Å². The number of carbonyl (C=O) groups is 2. The van der Waals surface area contributed by atoms with Crippen molar-refractivity contribution in [1.82, 2.24) is 10.2 Å². The van der Waals surface area contributed by atoms with Gasteiger partial charge in [-0.25, -0.2) is 0 Å². The Balaban J connectivity index is 1.67. The SMILES string of the molecule is O=C1CCN(C(=O)C2Cc3ccccc3O2)CCN1. The van der Waals surface area contributed by atoms with Crippen LogP contribution < -0.4 is 10.1 Å². The van der Waals surface area contributed by atoms with E-state index in [1.807, 2.05) is 24.3 Å². The molecule has 1 fully saturated rings. The van der Waals surface area contributed by atoms with Crippen LogP contribution in [0.1, 0.15) is 12.0 Å². The standard InChI is InChI=1S/C14H16N2O3/c17-13-5-7-16(8-6-15-13)14(18)12-9-10-3-1-2-4-11(10)19-12/h1-4,12H,5-9H2,(H,15,17). The van der Waals surface area contributed by atoms with Crippen LogP contribution >= 0.6 is 0 Å². The van der Waals surface area contributed by atoms with E-state index in [9.17, 15) is 9.59 Å². The van der Waals surface area contributed by atoms with E-state index in [0.29, 0.717) is 32.5 Å². The molecule has 2 amide bonds. The van der Waals surface area contributed by atoms with E-state index in [4.69, 9.17) is 4.74 Å². The fraction of sp³-hybridized carbons (Fsp3) is 0.429. The van der Waals surface area contributed by atoms with Gasteiger partial charge in [0.15, 0.2) is 6.10 Å². The number of ether oxygens (including phenoxy) is 1. The molecule has 1 unspecified atom stereocenters. The zero-order chi connectivity index (χ0) is 13.2. The quantitative estimate of drug-likeness (QED) is 0.792. The van der Waals surface area contributed by atoms with Crippen LogP contribution in [0.25, 0.3) is 0 Å². The summed E-state index contributed by atoms with van der Waals surface area (Å²) < 4.78 is 5.69. The summed E-state index contributed by atoms with van der Waals surface area (Å²) in [6, 6.07) is 7.72. The molecule has 1 N–H and O–H groups in total. The maximum absolute atomic E-state index is 12.4. The molecule has 3 rings (SSSR count). The summed E-state index contributed by atoms with van der Waals surface area (Å²) >= 11 is 0. The summed E-state index contributed by atoms with van der Waals surface area (Å²) in [4.78, 5) is 25.4. The van der Waals surface area contributed by atoms with Gasteiger partial charge >= 0.3 is 0 Å². The minimum absolute atomic E-state index is 0.00549. The van der Waals surface area contributed by atoms with Gasteiger partial charge in [0, 0.05) is 32.5 Å². The Kier molecular flexibility index (Phi) is 3.11. The summed E-state index contributed by atoms with van der Waals surface area (Å²) in [6.45, 7) is 1.55. The van der Waals surface area contributed by atoms with E-state index in [1.165, 1.54) is 0 Å². The number of benzene rings is 1. The van der Waals surface area contributed by atoms with E-state index < -0.39 is 6.10 Å². The second-order valence-electron chi connectivity index (χ2n) is 4.84. The van der Waals surface area contributed by atoms with Crippen molar-refractivity contribution in [2.75, 3.05) is 19.6 Å². The zero-order valence-corrected chi connectivity index (χ0v) is 10.6. The Labute approximate surface area is 111 Å². The van der Waals surface area contributed by atoms with E-state index in [-0.39, 0.29) is 11.8 Å². The molecule has 5 nitrogen and oxygen atoms in total. The molecule has 0 saturated carbocycles. The van der Waals surface area contributed by atoms with Gasteiger partial charge in [0.1, 0.15) is 5.75 Å². The van der Waals surface area contributed by atoms with E-state index in [1.54, 1.807) is 4.90 Å². The predicted octanol–water partition coefficient (Wildman–Crippen LogP) is 0.339. The molecular weight excluding hydrogens is 244 g/mol. The van der Waals surface area contributed by atoms with Gasteiger partial charge in [-0.2, -0.15) is 0 Å². The average molecular weight is 260 g/mol. The summed E-state index contributed by atoms with van der Waals surface area (Å²) in [5.74, 6) is 0.781. The van der Waals surface area contributed by atoms with Crippen LogP contribution in [0.3, 0.4) is 0 Å². The molecule has 0 spiro atoms. The average Bonchev–Trinajstić information content (AvgIpc) is 2.74. The Morgan fingerprint density at radius 1 is 1.32 bits per heavy atom. The summed E-state index contributed by atoms with van der Waals surface area (Å²) in [6.07, 6.45) is 0.545. The van der Waals surface area contributed by atoms with Crippen molar-refractivity contribution in [3.63, 3.8) is 0 Å². The molecule has 0 bridgehead atoms. The highest BCUT2D eigenvalue weighted by atomic mass is 16.5. The van der Waals surface area contributed by atoms with Crippen molar-refractivity contribution in [3.05, 3.63) is 29.8 Å². The minimum atomic E-state index is -0.439. The van der Waals surface area contributed by atoms with E-state index in [2.05, 4.69) is 5.32 Å². The second-order valence-corrected chi connectivity index (χ2v) is 4.84. The number of hydrogen-bond acceptors (Lipinski definition) is 3. The first-order valence-corrected chi connectivity index (χ1v) is 6.54. The van der Waals surface area contributed by atoms with Gasteiger partial charge in [-0.3, -0.25) is 9.59 Å². The van der Waals surface area contributed by atoms with Gasteiger partial charge in [-0.05, 0) is 11.6 Å². The number of hydrogen-bond donors (Lipinski definition) is 1. The number of fused-ring (bicyclic) bond motifs is 1. The normalized spacial score (nSPS) is 22.2. The monoisotopic (exact) mass is 260 g/mol. The van der Waals surface area contributed by atoms with Crippen LogP contribution in [0, 0.1) is 0 Å². The van der Waals surface area contributed by atoms with Crippen LogP contribution in [-0.4, -0.2) is 42.5 Å². The van der Waals surface area contributed by atoms with Crippen molar-refractivity contribution >= 4 is 11.8 Å². The van der Waals surface area contributed by atoms with Gasteiger partial charge in [0.25, 0.3) is 5.91 Å². The third-order valence-electron chi connectivity index (χ3n) is 3.55. The first-order valence-electron chi connectivity index (χ1n) is 6.54. The molecule has 2 aliphatic rings. The number of nitrogens with zero attached hydrogens (tertiary/aromatic N) is 1. The molecule has 100 valence electrons. The highest BCUT2D eigenvalue weighted by Gasteiger charge is 2.32. The maximum Gasteiger partial charge on any atom is 0.264 e. The summed E-state index contributed by atoms with van der Waals surface area (Å²) in [5, 5.41) is 2.76. The smallest absolute Gasteiger partial charge is 0.264 e. The van der Waals surface area contributed by atoms with Crippen LogP contribution in [0.15, 0.2) is 24.3 Å². The first-order chi connectivity index (χ1) is 9.24. The van der Waals surface area contributed by atoms with Gasteiger partial charge < -0.3 is 15.0 Å². The van der Waals surface area contributed by atoms with Crippen molar-refractivity contribution in [2.45, 2.75) is 18.9 Å². The van der Waals surface area contributed by atoms with Gasteiger partial charge in [0.2, 0.25) is 5.91 Å². The predicted molar refractivity (Wildman–Crippen MR) is 68.8 cm³/mol. The number of rotatable bonds is 1. The molecule has 1 saturated heterocycles. The maximum atomic E-state index is 12.4. The largest absolute Gasteiger partial charge is 0.480 e. The van der Waals surface area contributed by atoms with Crippen LogP contribution in [-0.2, 0) is 16.0 Å². The molecule has 0 aromatic heterocycles. The van der Waals surface area contributed by atoms with Gasteiger partial charge in [-0.15, -0.1) is 0 Å². The lowest BCUT2D eigenvalue weighted by molar-refractivity contribution is -0.137. The molecule has 5 heteroatoms. The number of nitrogens with one attached hydrogen (secondary N) is 1. The minimum Gasteiger partial charge on any atom is -0.480 e. The van der Waals surface area contributed by atoms with Crippen molar-refractivity contribution in [1.29, 1.82) is 0 Å². The highest BCUT2D eigenvalue weighted by molar-refractivity contribution is 5.84. The Bertz CT molecular complexity index is 490. The number of para-hydroxylation sites is 1. The van der Waals surface area contributed by atoms with E-state index in [0.717, 1.165) is 11.3 Å². The topological polar surface area (TPSA) is 58.6 Å². The molecule has 2 aliphatic heterocycles. The van der Waals surface area contributed by atoms with Crippen molar-refractivity contribution in [2.24, 2.45) is 0 Å². The second kappa shape index (κ2) is 4.91. The summed E-state index contributed by atoms with van der Waals surface area (Å²) in [7, 11) is 0. The Morgan fingerprint density at radius 2 is 2.16 bits per heavy atom. The molecule has 1 atom stereocenters. The molecule has 1 aromatic rings. The highest BCUT2D eigenvalue weighted by Crippen LogP contribution is 2.28. The molecular formula is C14H16N2O3.